The fourth-order valence-electron chi connectivity index (χ4n) is 3.71. The lowest BCUT2D eigenvalue weighted by Crippen LogP contribution is -2.31. The Morgan fingerprint density at radius 1 is 1.29 bits per heavy atom. The zero-order valence-corrected chi connectivity index (χ0v) is 13.4. The standard InChI is InChI=1S/C18H20N4O2/c23-17-6-3-10-21(17)11-8-13-12-22(16-5-2-1-4-14(13)16)18(24)15-7-9-19-20-15/h1-2,4-5,7,9,13H,3,6,8,10-12H2,(H,19,20). The van der Waals surface area contributed by atoms with Gasteiger partial charge in [-0.2, -0.15) is 5.10 Å². The van der Waals surface area contributed by atoms with Gasteiger partial charge in [-0.05, 0) is 30.5 Å². The van der Waals surface area contributed by atoms with Crippen molar-refractivity contribution in [1.82, 2.24) is 15.1 Å². The summed E-state index contributed by atoms with van der Waals surface area (Å²) in [6.45, 7) is 2.28. The van der Waals surface area contributed by atoms with Crippen LogP contribution >= 0.6 is 0 Å². The summed E-state index contributed by atoms with van der Waals surface area (Å²) in [6.07, 6.45) is 4.11. The summed E-state index contributed by atoms with van der Waals surface area (Å²) in [5, 5.41) is 6.62. The predicted octanol–water partition coefficient (Wildman–Crippen LogP) is 2.17. The van der Waals surface area contributed by atoms with Crippen molar-refractivity contribution < 1.29 is 9.59 Å². The van der Waals surface area contributed by atoms with Crippen LogP contribution in [0.2, 0.25) is 0 Å². The molecule has 3 heterocycles. The molecule has 1 N–H and O–H groups in total. The molecule has 0 bridgehead atoms. The van der Waals surface area contributed by atoms with Crippen LogP contribution in [-0.4, -0.2) is 46.5 Å². The number of nitrogens with one attached hydrogen (secondary N) is 1. The van der Waals surface area contributed by atoms with Gasteiger partial charge in [0.15, 0.2) is 0 Å². The Kier molecular flexibility index (Phi) is 3.80. The van der Waals surface area contributed by atoms with Crippen LogP contribution in [0.5, 0.6) is 0 Å². The average molecular weight is 324 g/mol. The van der Waals surface area contributed by atoms with Gasteiger partial charge < -0.3 is 9.80 Å². The fourth-order valence-corrected chi connectivity index (χ4v) is 3.71. The lowest BCUT2D eigenvalue weighted by molar-refractivity contribution is -0.127. The third-order valence-corrected chi connectivity index (χ3v) is 4.97. The van der Waals surface area contributed by atoms with Crippen LogP contribution in [0.15, 0.2) is 36.5 Å². The molecule has 1 saturated heterocycles. The molecule has 24 heavy (non-hydrogen) atoms. The molecule has 0 aliphatic carbocycles. The molecule has 0 spiro atoms. The van der Waals surface area contributed by atoms with Crippen molar-refractivity contribution in [2.24, 2.45) is 0 Å². The molecule has 2 aliphatic heterocycles. The highest BCUT2D eigenvalue weighted by Crippen LogP contribution is 2.38. The Morgan fingerprint density at radius 3 is 2.92 bits per heavy atom. The first-order chi connectivity index (χ1) is 11.7. The number of nitrogens with zero attached hydrogens (tertiary/aromatic N) is 3. The number of aromatic nitrogens is 2. The summed E-state index contributed by atoms with van der Waals surface area (Å²) in [5.74, 6) is 0.466. The van der Waals surface area contributed by atoms with Crippen molar-refractivity contribution in [3.8, 4) is 0 Å². The molecule has 2 aromatic rings. The summed E-state index contributed by atoms with van der Waals surface area (Å²) in [7, 11) is 0. The summed E-state index contributed by atoms with van der Waals surface area (Å²) in [6, 6.07) is 9.74. The molecule has 6 heteroatoms. The maximum absolute atomic E-state index is 12.7. The molecular formula is C18H20N4O2. The number of hydrogen-bond acceptors (Lipinski definition) is 3. The van der Waals surface area contributed by atoms with E-state index in [1.54, 1.807) is 12.3 Å². The molecule has 124 valence electrons. The van der Waals surface area contributed by atoms with E-state index in [-0.39, 0.29) is 17.7 Å². The maximum Gasteiger partial charge on any atom is 0.276 e. The predicted molar refractivity (Wildman–Crippen MR) is 89.9 cm³/mol. The third kappa shape index (κ3) is 2.58. The van der Waals surface area contributed by atoms with Crippen molar-refractivity contribution in [2.75, 3.05) is 24.5 Å². The molecule has 4 rings (SSSR count). The first-order valence-electron chi connectivity index (χ1n) is 8.42. The van der Waals surface area contributed by atoms with E-state index in [1.807, 2.05) is 28.0 Å². The van der Waals surface area contributed by atoms with E-state index in [0.717, 1.165) is 31.6 Å². The van der Waals surface area contributed by atoms with Gasteiger partial charge in [0.2, 0.25) is 5.91 Å². The monoisotopic (exact) mass is 324 g/mol. The molecular weight excluding hydrogens is 304 g/mol. The second-order valence-corrected chi connectivity index (χ2v) is 6.41. The van der Waals surface area contributed by atoms with Crippen LogP contribution in [0.4, 0.5) is 5.69 Å². The SMILES string of the molecule is O=C1CCCN1CCC1CN(C(=O)c2ccn[nH]2)c2ccccc21. The summed E-state index contributed by atoms with van der Waals surface area (Å²) < 4.78 is 0. The Hall–Kier alpha value is -2.63. The molecule has 1 fully saturated rings. The first-order valence-corrected chi connectivity index (χ1v) is 8.42. The van der Waals surface area contributed by atoms with Gasteiger partial charge in [-0.15, -0.1) is 0 Å². The Balaban J connectivity index is 1.52. The summed E-state index contributed by atoms with van der Waals surface area (Å²) in [4.78, 5) is 28.3. The topological polar surface area (TPSA) is 69.3 Å². The number of carbonyl (C=O) groups is 2. The highest BCUT2D eigenvalue weighted by molar-refractivity contribution is 6.06. The number of aromatic amines is 1. The normalized spacial score (nSPS) is 19.8. The molecule has 2 aliphatic rings. The van der Waals surface area contributed by atoms with Gasteiger partial charge in [0.25, 0.3) is 5.91 Å². The fraction of sp³-hybridized carbons (Fsp3) is 0.389. The molecule has 2 amide bonds. The van der Waals surface area contributed by atoms with Gasteiger partial charge in [0, 0.05) is 43.9 Å². The highest BCUT2D eigenvalue weighted by atomic mass is 16.2. The minimum absolute atomic E-state index is 0.0558. The highest BCUT2D eigenvalue weighted by Gasteiger charge is 2.33. The van der Waals surface area contributed by atoms with E-state index in [9.17, 15) is 9.59 Å². The van der Waals surface area contributed by atoms with Crippen LogP contribution in [0.3, 0.4) is 0 Å². The van der Waals surface area contributed by atoms with Crippen LogP contribution < -0.4 is 4.90 Å². The quantitative estimate of drug-likeness (QED) is 0.937. The molecule has 0 saturated carbocycles. The summed E-state index contributed by atoms with van der Waals surface area (Å²) in [5.41, 5.74) is 2.66. The van der Waals surface area contributed by atoms with Gasteiger partial charge in [0.05, 0.1) is 0 Å². The van der Waals surface area contributed by atoms with E-state index in [2.05, 4.69) is 16.3 Å². The average Bonchev–Trinajstić information content (AvgIpc) is 3.33. The second-order valence-electron chi connectivity index (χ2n) is 6.41. The van der Waals surface area contributed by atoms with E-state index in [0.29, 0.717) is 18.7 Å². The number of para-hydroxylation sites is 1. The van der Waals surface area contributed by atoms with Crippen molar-refractivity contribution in [3.05, 3.63) is 47.8 Å². The minimum atomic E-state index is -0.0558. The number of rotatable bonds is 4. The largest absolute Gasteiger partial charge is 0.343 e. The van der Waals surface area contributed by atoms with Crippen LogP contribution in [0.25, 0.3) is 0 Å². The van der Waals surface area contributed by atoms with Crippen molar-refractivity contribution >= 4 is 17.5 Å². The van der Waals surface area contributed by atoms with Crippen molar-refractivity contribution in [3.63, 3.8) is 0 Å². The number of benzene rings is 1. The van der Waals surface area contributed by atoms with Gasteiger partial charge in [-0.3, -0.25) is 14.7 Å². The van der Waals surface area contributed by atoms with E-state index >= 15 is 0 Å². The Morgan fingerprint density at radius 2 is 2.17 bits per heavy atom. The van der Waals surface area contributed by atoms with Gasteiger partial charge in [-0.1, -0.05) is 18.2 Å². The molecule has 1 atom stereocenters. The van der Waals surface area contributed by atoms with E-state index < -0.39 is 0 Å². The lowest BCUT2D eigenvalue weighted by atomic mass is 9.98. The molecule has 1 unspecified atom stereocenters. The van der Waals surface area contributed by atoms with Crippen LogP contribution in [0, 0.1) is 0 Å². The zero-order chi connectivity index (χ0) is 16.5. The van der Waals surface area contributed by atoms with Gasteiger partial charge in [-0.25, -0.2) is 0 Å². The zero-order valence-electron chi connectivity index (χ0n) is 13.4. The number of H-pyrrole nitrogens is 1. The first kappa shape index (κ1) is 14.9. The minimum Gasteiger partial charge on any atom is -0.343 e. The van der Waals surface area contributed by atoms with Crippen LogP contribution in [0.1, 0.15) is 41.2 Å². The number of likely N-dealkylation sites (tertiary alicyclic amines) is 1. The van der Waals surface area contributed by atoms with Crippen LogP contribution in [-0.2, 0) is 4.79 Å². The van der Waals surface area contributed by atoms with Gasteiger partial charge in [0.1, 0.15) is 5.69 Å². The number of carbonyl (C=O) groups excluding carboxylic acids is 2. The van der Waals surface area contributed by atoms with Gasteiger partial charge >= 0.3 is 0 Å². The van der Waals surface area contributed by atoms with Crippen molar-refractivity contribution in [2.45, 2.75) is 25.2 Å². The summed E-state index contributed by atoms with van der Waals surface area (Å²) >= 11 is 0. The third-order valence-electron chi connectivity index (χ3n) is 4.97. The molecule has 6 nitrogen and oxygen atoms in total. The second kappa shape index (κ2) is 6.11. The lowest BCUT2D eigenvalue weighted by Gasteiger charge is -2.19. The van der Waals surface area contributed by atoms with E-state index in [4.69, 9.17) is 0 Å². The molecule has 1 aromatic carbocycles. The smallest absolute Gasteiger partial charge is 0.276 e. The number of fused-ring (bicyclic) bond motifs is 1. The molecule has 0 radical (unpaired) electrons. The Bertz CT molecular complexity index is 756. The van der Waals surface area contributed by atoms with E-state index in [1.165, 1.54) is 5.56 Å². The number of hydrogen-bond donors (Lipinski definition) is 1. The molecule has 1 aromatic heterocycles. The number of amides is 2. The Labute approximate surface area is 140 Å². The number of anilines is 1. The maximum atomic E-state index is 12.7. The van der Waals surface area contributed by atoms with Crippen molar-refractivity contribution in [1.29, 1.82) is 0 Å².